The van der Waals surface area contributed by atoms with Gasteiger partial charge in [0.1, 0.15) is 5.56 Å². The van der Waals surface area contributed by atoms with Crippen LogP contribution in [-0.4, -0.2) is 14.9 Å². The molecule has 2 rings (SSSR count). The molecule has 0 unspecified atom stereocenters. The Labute approximate surface area is 132 Å². The van der Waals surface area contributed by atoms with Crippen LogP contribution in [0, 0.1) is 3.57 Å². The lowest BCUT2D eigenvalue weighted by Crippen LogP contribution is -2.39. The summed E-state index contributed by atoms with van der Waals surface area (Å²) < 4.78 is 2.92. The molecule has 7 heteroatoms. The third-order valence-electron chi connectivity index (χ3n) is 2.87. The highest BCUT2D eigenvalue weighted by molar-refractivity contribution is 14.1. The molecule has 0 aliphatic heterocycles. The van der Waals surface area contributed by atoms with Crippen LogP contribution in [-0.2, 0) is 14.1 Å². The second-order valence-corrected chi connectivity index (χ2v) is 5.83. The van der Waals surface area contributed by atoms with Gasteiger partial charge in [-0.25, -0.2) is 4.79 Å². The number of benzene rings is 1. The van der Waals surface area contributed by atoms with Gasteiger partial charge in [-0.2, -0.15) is 0 Å². The predicted molar refractivity (Wildman–Crippen MR) is 84.5 cm³/mol. The molecule has 0 aliphatic rings. The zero-order valence-corrected chi connectivity index (χ0v) is 13.6. The lowest BCUT2D eigenvalue weighted by atomic mass is 10.1. The maximum atomic E-state index is 12.4. The van der Waals surface area contributed by atoms with E-state index in [1.165, 1.54) is 30.9 Å². The molecule has 0 saturated heterocycles. The SMILES string of the molecule is Cn1cc(C(=O)c2ccc(I)c(Cl)c2)c(=O)n(C)c1=O. The number of rotatable bonds is 2. The van der Waals surface area contributed by atoms with Crippen LogP contribution in [0.3, 0.4) is 0 Å². The van der Waals surface area contributed by atoms with E-state index in [0.29, 0.717) is 10.6 Å². The van der Waals surface area contributed by atoms with Crippen LogP contribution >= 0.6 is 34.2 Å². The van der Waals surface area contributed by atoms with Gasteiger partial charge >= 0.3 is 5.69 Å². The molecule has 1 aromatic carbocycles. The summed E-state index contributed by atoms with van der Waals surface area (Å²) in [6, 6.07) is 4.80. The minimum absolute atomic E-state index is 0.0631. The number of ketones is 1. The monoisotopic (exact) mass is 404 g/mol. The molecule has 1 heterocycles. The molecule has 0 bridgehead atoms. The zero-order chi connectivity index (χ0) is 15.0. The summed E-state index contributed by atoms with van der Waals surface area (Å²) in [5.41, 5.74) is -0.849. The Balaban J connectivity index is 2.62. The maximum Gasteiger partial charge on any atom is 0.330 e. The van der Waals surface area contributed by atoms with Crippen molar-refractivity contribution in [3.05, 3.63) is 65.0 Å². The van der Waals surface area contributed by atoms with Gasteiger partial charge in [0.05, 0.1) is 5.02 Å². The van der Waals surface area contributed by atoms with Crippen molar-refractivity contribution < 1.29 is 4.79 Å². The fourth-order valence-electron chi connectivity index (χ4n) is 1.76. The fourth-order valence-corrected chi connectivity index (χ4v) is 2.27. The molecule has 0 saturated carbocycles. The predicted octanol–water partition coefficient (Wildman–Crippen LogP) is 1.57. The van der Waals surface area contributed by atoms with E-state index in [4.69, 9.17) is 11.6 Å². The first-order chi connectivity index (χ1) is 9.32. The van der Waals surface area contributed by atoms with Crippen LogP contribution < -0.4 is 11.2 Å². The first kappa shape index (κ1) is 15.0. The van der Waals surface area contributed by atoms with Crippen LogP contribution in [0.4, 0.5) is 0 Å². The fraction of sp³-hybridized carbons (Fsp3) is 0.154. The Kier molecular flexibility index (Phi) is 4.14. The second kappa shape index (κ2) is 5.53. The Bertz CT molecular complexity index is 823. The van der Waals surface area contributed by atoms with E-state index >= 15 is 0 Å². The molecule has 0 amide bonds. The van der Waals surface area contributed by atoms with Gasteiger partial charge in [-0.05, 0) is 40.8 Å². The van der Waals surface area contributed by atoms with Crippen molar-refractivity contribution in [3.63, 3.8) is 0 Å². The summed E-state index contributed by atoms with van der Waals surface area (Å²) in [6.07, 6.45) is 1.25. The van der Waals surface area contributed by atoms with Gasteiger partial charge in [0, 0.05) is 29.4 Å². The Morgan fingerprint density at radius 1 is 1.25 bits per heavy atom. The highest BCUT2D eigenvalue weighted by Gasteiger charge is 2.17. The lowest BCUT2D eigenvalue weighted by Gasteiger charge is -2.06. The summed E-state index contributed by atoms with van der Waals surface area (Å²) >= 11 is 8.02. The number of aromatic nitrogens is 2. The number of hydrogen-bond donors (Lipinski definition) is 0. The average Bonchev–Trinajstić information content (AvgIpc) is 2.43. The summed E-state index contributed by atoms with van der Waals surface area (Å²) in [7, 11) is 2.82. The topological polar surface area (TPSA) is 61.1 Å². The molecular weight excluding hydrogens is 395 g/mol. The minimum atomic E-state index is -0.618. The first-order valence-corrected chi connectivity index (χ1v) is 7.05. The Morgan fingerprint density at radius 3 is 2.50 bits per heavy atom. The number of carbonyl (C=O) groups excluding carboxylic acids is 1. The van der Waals surface area contributed by atoms with E-state index in [2.05, 4.69) is 0 Å². The van der Waals surface area contributed by atoms with E-state index in [1.54, 1.807) is 12.1 Å². The van der Waals surface area contributed by atoms with Gasteiger partial charge in [-0.15, -0.1) is 0 Å². The van der Waals surface area contributed by atoms with Crippen LogP contribution in [0.2, 0.25) is 5.02 Å². The number of hydrogen-bond acceptors (Lipinski definition) is 3. The highest BCUT2D eigenvalue weighted by Crippen LogP contribution is 2.20. The molecule has 0 fully saturated rings. The maximum absolute atomic E-state index is 12.4. The van der Waals surface area contributed by atoms with Gasteiger partial charge in [-0.3, -0.25) is 14.2 Å². The van der Waals surface area contributed by atoms with Crippen LogP contribution in [0.5, 0.6) is 0 Å². The summed E-state index contributed by atoms with van der Waals surface area (Å²) in [5, 5.41) is 0.443. The van der Waals surface area contributed by atoms with E-state index in [-0.39, 0.29) is 5.56 Å². The quantitative estimate of drug-likeness (QED) is 0.564. The van der Waals surface area contributed by atoms with Crippen molar-refractivity contribution in [2.75, 3.05) is 0 Å². The molecule has 0 N–H and O–H groups in total. The highest BCUT2D eigenvalue weighted by atomic mass is 127. The molecule has 1 aromatic heterocycles. The molecule has 5 nitrogen and oxygen atoms in total. The van der Waals surface area contributed by atoms with Crippen molar-refractivity contribution in [1.82, 2.24) is 9.13 Å². The number of halogens is 2. The summed E-state index contributed by atoms with van der Waals surface area (Å²) in [5.74, 6) is -0.459. The zero-order valence-electron chi connectivity index (χ0n) is 10.7. The van der Waals surface area contributed by atoms with Crippen molar-refractivity contribution in [1.29, 1.82) is 0 Å². The molecule has 104 valence electrons. The average molecular weight is 405 g/mol. The van der Waals surface area contributed by atoms with Gasteiger partial charge in [0.2, 0.25) is 0 Å². The van der Waals surface area contributed by atoms with Gasteiger partial charge < -0.3 is 4.57 Å². The number of carbonyl (C=O) groups is 1. The van der Waals surface area contributed by atoms with Gasteiger partial charge in [0.25, 0.3) is 5.56 Å². The van der Waals surface area contributed by atoms with Gasteiger partial charge in [-0.1, -0.05) is 11.6 Å². The second-order valence-electron chi connectivity index (χ2n) is 4.26. The third kappa shape index (κ3) is 2.57. The molecule has 0 spiro atoms. The van der Waals surface area contributed by atoms with Crippen LogP contribution in [0.1, 0.15) is 15.9 Å². The largest absolute Gasteiger partial charge is 0.330 e. The molecular formula is C13H10ClIN2O3. The van der Waals surface area contributed by atoms with E-state index < -0.39 is 17.0 Å². The number of nitrogens with zero attached hydrogens (tertiary/aromatic N) is 2. The molecule has 0 aliphatic carbocycles. The van der Waals surface area contributed by atoms with E-state index in [9.17, 15) is 14.4 Å². The van der Waals surface area contributed by atoms with Crippen molar-refractivity contribution in [2.24, 2.45) is 14.1 Å². The van der Waals surface area contributed by atoms with E-state index in [1.807, 2.05) is 22.6 Å². The molecule has 2 aromatic rings. The molecule has 20 heavy (non-hydrogen) atoms. The molecule has 0 radical (unpaired) electrons. The van der Waals surface area contributed by atoms with E-state index in [0.717, 1.165) is 8.14 Å². The van der Waals surface area contributed by atoms with Crippen molar-refractivity contribution in [3.8, 4) is 0 Å². The van der Waals surface area contributed by atoms with Crippen LogP contribution in [0.25, 0.3) is 0 Å². The summed E-state index contributed by atoms with van der Waals surface area (Å²) in [6.45, 7) is 0. The Morgan fingerprint density at radius 2 is 1.90 bits per heavy atom. The smallest absolute Gasteiger partial charge is 0.303 e. The van der Waals surface area contributed by atoms with Crippen molar-refractivity contribution in [2.45, 2.75) is 0 Å². The van der Waals surface area contributed by atoms with Crippen LogP contribution in [0.15, 0.2) is 34.0 Å². The standard InChI is InChI=1S/C13H10ClIN2O3/c1-16-6-8(12(19)17(2)13(16)20)11(18)7-3-4-10(15)9(14)5-7/h3-6H,1-2H3. The molecule has 0 atom stereocenters. The minimum Gasteiger partial charge on any atom is -0.303 e. The Hall–Kier alpha value is -1.41. The normalized spacial score (nSPS) is 10.6. The van der Waals surface area contributed by atoms with Crippen molar-refractivity contribution >= 4 is 40.0 Å². The third-order valence-corrected chi connectivity index (χ3v) is 4.45. The number of aryl methyl sites for hydroxylation is 1. The first-order valence-electron chi connectivity index (χ1n) is 5.59. The van der Waals surface area contributed by atoms with Gasteiger partial charge in [0.15, 0.2) is 5.78 Å². The summed E-state index contributed by atoms with van der Waals surface area (Å²) in [4.78, 5) is 36.0. The lowest BCUT2D eigenvalue weighted by molar-refractivity contribution is 0.103.